The van der Waals surface area contributed by atoms with Crippen molar-refractivity contribution in [3.8, 4) is 11.4 Å². The van der Waals surface area contributed by atoms with Crippen LogP contribution in [-0.4, -0.2) is 45.9 Å². The largest absolute Gasteiger partial charge is 0.392 e. The summed E-state index contributed by atoms with van der Waals surface area (Å²) in [6.45, 7) is 4.73. The summed E-state index contributed by atoms with van der Waals surface area (Å²) >= 11 is 0. The van der Waals surface area contributed by atoms with Crippen molar-refractivity contribution in [3.05, 3.63) is 36.2 Å². The van der Waals surface area contributed by atoms with Crippen LogP contribution in [0.25, 0.3) is 11.4 Å². The maximum Gasteiger partial charge on any atom is 0.230 e. The summed E-state index contributed by atoms with van der Waals surface area (Å²) in [7, 11) is 0. The molecule has 1 saturated heterocycles. The van der Waals surface area contributed by atoms with E-state index >= 15 is 0 Å². The third-order valence-electron chi connectivity index (χ3n) is 4.35. The smallest absolute Gasteiger partial charge is 0.230 e. The molecule has 0 bridgehead atoms. The van der Waals surface area contributed by atoms with E-state index in [0.29, 0.717) is 11.7 Å². The average Bonchev–Trinajstić information content (AvgIpc) is 3.06. The van der Waals surface area contributed by atoms with Gasteiger partial charge in [-0.2, -0.15) is 4.98 Å². The van der Waals surface area contributed by atoms with Crippen molar-refractivity contribution in [3.63, 3.8) is 0 Å². The fraction of sp³-hybridized carbons (Fsp3) is 0.529. The molecule has 5 heteroatoms. The lowest BCUT2D eigenvalue weighted by atomic mass is 9.96. The van der Waals surface area contributed by atoms with Gasteiger partial charge in [0.05, 0.1) is 6.10 Å². The Morgan fingerprint density at radius 3 is 2.68 bits per heavy atom. The van der Waals surface area contributed by atoms with E-state index in [4.69, 9.17) is 4.52 Å². The quantitative estimate of drug-likeness (QED) is 0.920. The van der Waals surface area contributed by atoms with Crippen LogP contribution in [-0.2, 0) is 0 Å². The Morgan fingerprint density at radius 1 is 1.27 bits per heavy atom. The van der Waals surface area contributed by atoms with Crippen LogP contribution < -0.4 is 0 Å². The normalized spacial score (nSPS) is 18.5. The molecule has 0 amide bonds. The first kappa shape index (κ1) is 15.2. The number of rotatable bonds is 5. The number of hydrogen-bond donors (Lipinski definition) is 1. The zero-order chi connectivity index (χ0) is 15.4. The van der Waals surface area contributed by atoms with Crippen LogP contribution in [0.2, 0.25) is 0 Å². The van der Waals surface area contributed by atoms with Crippen LogP contribution in [0.15, 0.2) is 34.9 Å². The number of hydrogen-bond acceptors (Lipinski definition) is 5. The van der Waals surface area contributed by atoms with Crippen molar-refractivity contribution in [1.29, 1.82) is 0 Å². The van der Waals surface area contributed by atoms with Crippen molar-refractivity contribution >= 4 is 0 Å². The van der Waals surface area contributed by atoms with Crippen LogP contribution in [0.4, 0.5) is 0 Å². The van der Waals surface area contributed by atoms with Crippen LogP contribution in [0.3, 0.4) is 0 Å². The minimum absolute atomic E-state index is 0.218. The third-order valence-corrected chi connectivity index (χ3v) is 4.35. The molecule has 1 aliphatic rings. The highest BCUT2D eigenvalue weighted by Crippen LogP contribution is 2.28. The Balaban J connectivity index is 1.59. The first-order valence-electron chi connectivity index (χ1n) is 8.05. The van der Waals surface area contributed by atoms with Crippen LogP contribution in [0, 0.1) is 0 Å². The Morgan fingerprint density at radius 2 is 2.00 bits per heavy atom. The standard InChI is InChI=1S/C17H23N3O2/c1-2-15(21)12-20-10-8-14(9-11-20)17-18-16(19-22-17)13-6-4-3-5-7-13/h3-7,14-15,21H,2,8-12H2,1H3. The molecule has 0 saturated carbocycles. The number of β-amino-alcohol motifs (C(OH)–C–C–N with tert-alkyl or cyclic N) is 1. The molecule has 1 aromatic heterocycles. The Kier molecular flexibility index (Phi) is 4.85. The highest BCUT2D eigenvalue weighted by Gasteiger charge is 2.26. The molecule has 0 aliphatic carbocycles. The number of nitrogens with zero attached hydrogens (tertiary/aromatic N) is 3. The Hall–Kier alpha value is -1.72. The number of benzene rings is 1. The molecule has 0 spiro atoms. The minimum Gasteiger partial charge on any atom is -0.392 e. The van der Waals surface area contributed by atoms with Crippen LogP contribution in [0.5, 0.6) is 0 Å². The van der Waals surface area contributed by atoms with Gasteiger partial charge < -0.3 is 14.5 Å². The molecule has 0 radical (unpaired) electrons. The molecule has 1 aliphatic heterocycles. The lowest BCUT2D eigenvalue weighted by Crippen LogP contribution is -2.38. The number of aliphatic hydroxyl groups excluding tert-OH is 1. The van der Waals surface area contributed by atoms with Gasteiger partial charge in [-0.25, -0.2) is 0 Å². The molecule has 1 unspecified atom stereocenters. The molecule has 1 atom stereocenters. The van der Waals surface area contributed by atoms with Crippen molar-refractivity contribution in [2.75, 3.05) is 19.6 Å². The summed E-state index contributed by atoms with van der Waals surface area (Å²) in [5.41, 5.74) is 0.987. The maximum atomic E-state index is 9.74. The minimum atomic E-state index is -0.218. The number of aromatic nitrogens is 2. The lowest BCUT2D eigenvalue weighted by molar-refractivity contribution is 0.0915. The van der Waals surface area contributed by atoms with E-state index in [1.54, 1.807) is 0 Å². The van der Waals surface area contributed by atoms with Gasteiger partial charge in [0.15, 0.2) is 0 Å². The summed E-state index contributed by atoms with van der Waals surface area (Å²) in [4.78, 5) is 6.88. The second kappa shape index (κ2) is 7.03. The van der Waals surface area contributed by atoms with Gasteiger partial charge >= 0.3 is 0 Å². The van der Waals surface area contributed by atoms with Gasteiger partial charge in [0, 0.05) is 18.0 Å². The summed E-state index contributed by atoms with van der Waals surface area (Å²) in [6.07, 6.45) is 2.61. The predicted octanol–water partition coefficient (Wildman–Crippen LogP) is 2.69. The first-order chi connectivity index (χ1) is 10.8. The van der Waals surface area contributed by atoms with Gasteiger partial charge in [0.2, 0.25) is 11.7 Å². The SMILES string of the molecule is CCC(O)CN1CCC(c2nc(-c3ccccc3)no2)CC1. The van der Waals surface area contributed by atoms with Crippen LogP contribution >= 0.6 is 0 Å². The summed E-state index contributed by atoms with van der Waals surface area (Å²) in [6, 6.07) is 9.91. The molecule has 22 heavy (non-hydrogen) atoms. The highest BCUT2D eigenvalue weighted by atomic mass is 16.5. The van der Waals surface area contributed by atoms with Crippen molar-refractivity contribution in [1.82, 2.24) is 15.0 Å². The second-order valence-corrected chi connectivity index (χ2v) is 5.96. The molecule has 118 valence electrons. The summed E-state index contributed by atoms with van der Waals surface area (Å²) < 4.78 is 5.47. The molecule has 1 aromatic carbocycles. The zero-order valence-corrected chi connectivity index (χ0v) is 13.0. The number of piperidine rings is 1. The van der Waals surface area contributed by atoms with Gasteiger partial charge in [-0.05, 0) is 32.4 Å². The Bertz CT molecular complexity index is 577. The zero-order valence-electron chi connectivity index (χ0n) is 13.0. The average molecular weight is 301 g/mol. The van der Waals surface area contributed by atoms with Gasteiger partial charge in [-0.15, -0.1) is 0 Å². The molecule has 1 N–H and O–H groups in total. The van der Waals surface area contributed by atoms with E-state index in [1.807, 2.05) is 37.3 Å². The van der Waals surface area contributed by atoms with Crippen LogP contribution in [0.1, 0.15) is 38.0 Å². The molecule has 3 rings (SSSR count). The first-order valence-corrected chi connectivity index (χ1v) is 8.05. The van der Waals surface area contributed by atoms with E-state index in [0.717, 1.165) is 50.4 Å². The molecule has 5 nitrogen and oxygen atoms in total. The van der Waals surface area contributed by atoms with E-state index < -0.39 is 0 Å². The summed E-state index contributed by atoms with van der Waals surface area (Å²) in [5.74, 6) is 1.74. The highest BCUT2D eigenvalue weighted by molar-refractivity contribution is 5.53. The monoisotopic (exact) mass is 301 g/mol. The van der Waals surface area contributed by atoms with Gasteiger partial charge in [-0.1, -0.05) is 42.4 Å². The van der Waals surface area contributed by atoms with Crippen molar-refractivity contribution < 1.29 is 9.63 Å². The molecule has 1 fully saturated rings. The Labute approximate surface area is 131 Å². The maximum absolute atomic E-state index is 9.74. The third kappa shape index (κ3) is 3.54. The van der Waals surface area contributed by atoms with Gasteiger partial charge in [-0.3, -0.25) is 0 Å². The molecular formula is C17H23N3O2. The lowest BCUT2D eigenvalue weighted by Gasteiger charge is -2.31. The second-order valence-electron chi connectivity index (χ2n) is 5.96. The molecule has 2 aromatic rings. The number of likely N-dealkylation sites (tertiary alicyclic amines) is 1. The fourth-order valence-electron chi connectivity index (χ4n) is 2.90. The predicted molar refractivity (Wildman–Crippen MR) is 84.4 cm³/mol. The molecule has 2 heterocycles. The summed E-state index contributed by atoms with van der Waals surface area (Å²) in [5, 5.41) is 13.8. The topological polar surface area (TPSA) is 62.4 Å². The van der Waals surface area contributed by atoms with Crippen molar-refractivity contribution in [2.45, 2.75) is 38.2 Å². The van der Waals surface area contributed by atoms with E-state index in [2.05, 4.69) is 15.0 Å². The molecular weight excluding hydrogens is 278 g/mol. The van der Waals surface area contributed by atoms with Gasteiger partial charge in [0.25, 0.3) is 0 Å². The number of aliphatic hydroxyl groups is 1. The van der Waals surface area contributed by atoms with Gasteiger partial charge in [0.1, 0.15) is 0 Å². The fourth-order valence-corrected chi connectivity index (χ4v) is 2.90. The van der Waals surface area contributed by atoms with E-state index in [-0.39, 0.29) is 6.10 Å². The van der Waals surface area contributed by atoms with E-state index in [9.17, 15) is 5.11 Å². The van der Waals surface area contributed by atoms with Crippen molar-refractivity contribution in [2.24, 2.45) is 0 Å². The van der Waals surface area contributed by atoms with E-state index in [1.165, 1.54) is 0 Å².